The average molecular weight is 531 g/mol. The van der Waals surface area contributed by atoms with Crippen molar-refractivity contribution in [3.8, 4) is 5.75 Å². The Kier molecular flexibility index (Phi) is 6.78. The molecule has 5 atom stereocenters. The molecule has 3 fully saturated rings. The van der Waals surface area contributed by atoms with Gasteiger partial charge in [0.1, 0.15) is 30.6 Å². The Morgan fingerprint density at radius 2 is 1.92 bits per heavy atom. The highest BCUT2D eigenvalue weighted by Gasteiger charge is 2.56. The summed E-state index contributed by atoms with van der Waals surface area (Å²) in [4.78, 5) is 49.4. The van der Waals surface area contributed by atoms with Crippen molar-refractivity contribution in [3.63, 3.8) is 0 Å². The first-order chi connectivity index (χ1) is 18.9. The highest BCUT2D eigenvalue weighted by Crippen LogP contribution is 2.48. The Hall–Kier alpha value is -3.82. The molecule has 3 aromatic rings. The molecule has 2 aromatic heterocycles. The molecule has 2 aliphatic carbocycles. The summed E-state index contributed by atoms with van der Waals surface area (Å²) in [5.41, 5.74) is 0.950. The molecule has 6 rings (SSSR count). The SMILES string of the molecule is CC(=O)c1nn(CC(=O)N2[C@@H]3C[C@@H]3C[C@H]2C(=O)N[C@@H]2CCC[C@H](C)C2)c2ccc(OCc3ncccn3)cc12. The second-order valence-corrected chi connectivity index (χ2v) is 11.3. The molecule has 0 unspecified atom stereocenters. The Balaban J connectivity index is 1.19. The van der Waals surface area contributed by atoms with Crippen molar-refractivity contribution in [2.75, 3.05) is 0 Å². The number of piperidine rings is 1. The van der Waals surface area contributed by atoms with Gasteiger partial charge in [0.25, 0.3) is 0 Å². The van der Waals surface area contributed by atoms with Crippen molar-refractivity contribution >= 4 is 28.5 Å². The predicted molar refractivity (Wildman–Crippen MR) is 143 cm³/mol. The summed E-state index contributed by atoms with van der Waals surface area (Å²) in [7, 11) is 0. The fourth-order valence-electron chi connectivity index (χ4n) is 6.30. The van der Waals surface area contributed by atoms with Gasteiger partial charge in [-0.15, -0.1) is 0 Å². The number of carbonyl (C=O) groups is 3. The van der Waals surface area contributed by atoms with Crippen LogP contribution in [0.15, 0.2) is 36.7 Å². The molecule has 204 valence electrons. The molecule has 0 spiro atoms. The van der Waals surface area contributed by atoms with Gasteiger partial charge in [-0.05, 0) is 61.8 Å². The zero-order chi connectivity index (χ0) is 27.1. The molecule has 10 nitrogen and oxygen atoms in total. The van der Waals surface area contributed by atoms with Gasteiger partial charge < -0.3 is 15.0 Å². The maximum atomic E-state index is 13.6. The average Bonchev–Trinajstić information content (AvgIpc) is 3.43. The van der Waals surface area contributed by atoms with Crippen LogP contribution < -0.4 is 10.1 Å². The van der Waals surface area contributed by atoms with Gasteiger partial charge in [-0.25, -0.2) is 9.97 Å². The minimum Gasteiger partial charge on any atom is -0.486 e. The Morgan fingerprint density at radius 3 is 2.69 bits per heavy atom. The first kappa shape index (κ1) is 25.5. The lowest BCUT2D eigenvalue weighted by Gasteiger charge is -2.31. The van der Waals surface area contributed by atoms with Crippen molar-refractivity contribution < 1.29 is 19.1 Å². The Morgan fingerprint density at radius 1 is 1.10 bits per heavy atom. The van der Waals surface area contributed by atoms with Crippen LogP contribution in [0.1, 0.15) is 68.7 Å². The first-order valence-electron chi connectivity index (χ1n) is 13.9. The van der Waals surface area contributed by atoms with E-state index < -0.39 is 6.04 Å². The molecular weight excluding hydrogens is 496 g/mol. The topological polar surface area (TPSA) is 119 Å². The minimum atomic E-state index is -0.437. The largest absolute Gasteiger partial charge is 0.486 e. The van der Waals surface area contributed by atoms with E-state index in [1.807, 2.05) is 6.07 Å². The number of rotatable bonds is 8. The van der Waals surface area contributed by atoms with Crippen LogP contribution in [0.5, 0.6) is 5.75 Å². The summed E-state index contributed by atoms with van der Waals surface area (Å²) in [6.07, 6.45) is 9.30. The highest BCUT2D eigenvalue weighted by molar-refractivity contribution is 6.05. The van der Waals surface area contributed by atoms with Gasteiger partial charge in [-0.1, -0.05) is 19.8 Å². The maximum absolute atomic E-state index is 13.6. The van der Waals surface area contributed by atoms with Gasteiger partial charge in [-0.2, -0.15) is 5.10 Å². The third-order valence-electron chi connectivity index (χ3n) is 8.31. The van der Waals surface area contributed by atoms with Crippen LogP contribution in [0.3, 0.4) is 0 Å². The van der Waals surface area contributed by atoms with Gasteiger partial charge >= 0.3 is 0 Å². The van der Waals surface area contributed by atoms with E-state index >= 15 is 0 Å². The molecule has 3 heterocycles. The number of aromatic nitrogens is 4. The molecule has 10 heteroatoms. The maximum Gasteiger partial charge on any atom is 0.245 e. The molecule has 2 amide bonds. The number of ether oxygens (including phenoxy) is 1. The zero-order valence-corrected chi connectivity index (χ0v) is 22.4. The number of amides is 2. The van der Waals surface area contributed by atoms with Crippen molar-refractivity contribution in [2.24, 2.45) is 11.8 Å². The number of benzene rings is 1. The van der Waals surface area contributed by atoms with Crippen LogP contribution in [0.25, 0.3) is 10.9 Å². The summed E-state index contributed by atoms with van der Waals surface area (Å²) in [5, 5.41) is 8.36. The smallest absolute Gasteiger partial charge is 0.245 e. The number of nitrogens with zero attached hydrogens (tertiary/aromatic N) is 5. The monoisotopic (exact) mass is 530 g/mol. The van der Waals surface area contributed by atoms with E-state index in [0.29, 0.717) is 34.3 Å². The fraction of sp³-hybridized carbons (Fsp3) is 0.517. The lowest BCUT2D eigenvalue weighted by Crippen LogP contribution is -2.51. The number of hydrogen-bond donors (Lipinski definition) is 1. The molecule has 0 radical (unpaired) electrons. The zero-order valence-electron chi connectivity index (χ0n) is 22.4. The van der Waals surface area contributed by atoms with Crippen LogP contribution in [0.2, 0.25) is 0 Å². The molecule has 1 N–H and O–H groups in total. The van der Waals surface area contributed by atoms with Gasteiger partial charge in [0.2, 0.25) is 11.8 Å². The van der Waals surface area contributed by atoms with E-state index in [9.17, 15) is 14.4 Å². The fourth-order valence-corrected chi connectivity index (χ4v) is 6.30. The summed E-state index contributed by atoms with van der Waals surface area (Å²) in [6.45, 7) is 3.85. The molecule has 1 aliphatic heterocycles. The lowest BCUT2D eigenvalue weighted by atomic mass is 9.87. The van der Waals surface area contributed by atoms with E-state index in [0.717, 1.165) is 32.1 Å². The lowest BCUT2D eigenvalue weighted by molar-refractivity contribution is -0.140. The molecule has 1 saturated heterocycles. The van der Waals surface area contributed by atoms with Crippen molar-refractivity contribution in [3.05, 3.63) is 48.2 Å². The third-order valence-corrected chi connectivity index (χ3v) is 8.31. The van der Waals surface area contributed by atoms with Crippen LogP contribution in [-0.4, -0.2) is 60.4 Å². The number of carbonyl (C=O) groups excluding carboxylic acids is 3. The van der Waals surface area contributed by atoms with E-state index in [1.54, 1.807) is 40.2 Å². The number of fused-ring (bicyclic) bond motifs is 2. The van der Waals surface area contributed by atoms with Crippen molar-refractivity contribution in [1.82, 2.24) is 30.0 Å². The van der Waals surface area contributed by atoms with E-state index in [1.165, 1.54) is 13.3 Å². The van der Waals surface area contributed by atoms with E-state index in [2.05, 4.69) is 27.3 Å². The number of Topliss-reactive ketones (excluding diaryl/α,β-unsaturated/α-hetero) is 1. The molecule has 1 aromatic carbocycles. The summed E-state index contributed by atoms with van der Waals surface area (Å²) >= 11 is 0. The molecular formula is C29H34N6O4. The number of nitrogens with one attached hydrogen (secondary N) is 1. The van der Waals surface area contributed by atoms with Crippen LogP contribution in [0.4, 0.5) is 0 Å². The van der Waals surface area contributed by atoms with Gasteiger partial charge in [0.05, 0.1) is 5.52 Å². The predicted octanol–water partition coefficient (Wildman–Crippen LogP) is 3.29. The second kappa shape index (κ2) is 10.4. The van der Waals surface area contributed by atoms with Gasteiger partial charge in [0.15, 0.2) is 11.6 Å². The highest BCUT2D eigenvalue weighted by atomic mass is 16.5. The third kappa shape index (κ3) is 5.24. The molecule has 0 bridgehead atoms. The number of ketones is 1. The number of likely N-dealkylation sites (tertiary alicyclic amines) is 1. The number of hydrogen-bond acceptors (Lipinski definition) is 7. The summed E-state index contributed by atoms with van der Waals surface area (Å²) in [6, 6.07) is 6.96. The van der Waals surface area contributed by atoms with Crippen LogP contribution in [0, 0.1) is 11.8 Å². The Bertz CT molecular complexity index is 1410. The van der Waals surface area contributed by atoms with Crippen LogP contribution in [-0.2, 0) is 22.7 Å². The van der Waals surface area contributed by atoms with Crippen molar-refractivity contribution in [1.29, 1.82) is 0 Å². The van der Waals surface area contributed by atoms with E-state index in [-0.39, 0.29) is 48.5 Å². The van der Waals surface area contributed by atoms with Crippen LogP contribution >= 0.6 is 0 Å². The summed E-state index contributed by atoms with van der Waals surface area (Å²) in [5.74, 6) is 1.73. The molecule has 2 saturated carbocycles. The quantitative estimate of drug-likeness (QED) is 0.444. The van der Waals surface area contributed by atoms with Crippen molar-refractivity contribution in [2.45, 2.75) is 83.6 Å². The standard InChI is InChI=1S/C29H34N6O4/c1-17-5-3-6-20(11-17)32-29(38)25-13-19-12-24(19)35(25)27(37)15-34-23-8-7-21(14-22(23)28(33-34)18(2)36)39-16-26-30-9-4-10-31-26/h4,7-10,14,17,19-20,24-25H,3,5-6,11-13,15-16H2,1-2H3,(H,32,38)/t17-,19+,20+,24+,25-/m0/s1. The van der Waals surface area contributed by atoms with Gasteiger partial charge in [-0.3, -0.25) is 19.1 Å². The minimum absolute atomic E-state index is 0.0324. The molecule has 3 aliphatic rings. The second-order valence-electron chi connectivity index (χ2n) is 11.3. The van der Waals surface area contributed by atoms with E-state index in [4.69, 9.17) is 4.74 Å². The molecule has 39 heavy (non-hydrogen) atoms. The van der Waals surface area contributed by atoms with Gasteiger partial charge in [0, 0.05) is 36.8 Å². The normalized spacial score (nSPS) is 25.8. The Labute approximate surface area is 227 Å². The first-order valence-corrected chi connectivity index (χ1v) is 13.9. The summed E-state index contributed by atoms with van der Waals surface area (Å²) < 4.78 is 7.42.